The number of aliphatic hydroxyl groups excluding tert-OH is 1. The van der Waals surface area contributed by atoms with E-state index in [-0.39, 0.29) is 44.0 Å². The maximum absolute atomic E-state index is 13.2. The van der Waals surface area contributed by atoms with Gasteiger partial charge in [-0.25, -0.2) is 4.79 Å². The van der Waals surface area contributed by atoms with E-state index >= 15 is 0 Å². The fraction of sp³-hybridized carbons (Fsp3) is 0.444. The van der Waals surface area contributed by atoms with Gasteiger partial charge in [0, 0.05) is 25.0 Å². The summed E-state index contributed by atoms with van der Waals surface area (Å²) in [6.07, 6.45) is 0.772. The number of nitrogens with zero attached hydrogens (tertiary/aromatic N) is 1. The van der Waals surface area contributed by atoms with Crippen LogP contribution in [0.2, 0.25) is 0 Å². The number of ether oxygens (including phenoxy) is 1. The Labute approximate surface area is 203 Å². The van der Waals surface area contributed by atoms with Crippen molar-refractivity contribution in [2.24, 2.45) is 11.8 Å². The molecule has 184 valence electrons. The summed E-state index contributed by atoms with van der Waals surface area (Å²) in [6.45, 7) is 0.403. The number of amides is 2. The van der Waals surface area contributed by atoms with Crippen LogP contribution >= 0.6 is 0 Å². The van der Waals surface area contributed by atoms with Crippen LogP contribution < -0.4 is 5.32 Å². The molecule has 1 saturated carbocycles. The van der Waals surface area contributed by atoms with Crippen molar-refractivity contribution in [1.29, 1.82) is 0 Å². The van der Waals surface area contributed by atoms with Gasteiger partial charge in [0.2, 0.25) is 5.91 Å². The number of benzene rings is 2. The molecule has 2 amide bonds. The summed E-state index contributed by atoms with van der Waals surface area (Å²) < 4.78 is 5.65. The maximum Gasteiger partial charge on any atom is 0.407 e. The van der Waals surface area contributed by atoms with E-state index in [4.69, 9.17) is 4.74 Å². The molecule has 1 heterocycles. The topological polar surface area (TPSA) is 116 Å². The Balaban J connectivity index is 1.21. The van der Waals surface area contributed by atoms with Crippen LogP contribution in [0.25, 0.3) is 11.1 Å². The standard InChI is InChI=1S/C27H30N2O6/c30-17-12-16(26(32)33)13-29(14-17)25(31)22-10-5-11-24(22)28-27(34)35-15-23-20-8-3-1-6-18(20)19-7-2-4-9-21(19)23/h1-4,6-9,16-17,22-24,30H,5,10-15H2,(H,28,34)(H,32,33)/t16?,17?,22-,24+/m0/s1. The van der Waals surface area contributed by atoms with Crippen LogP contribution in [0.4, 0.5) is 4.79 Å². The number of carbonyl (C=O) groups is 3. The minimum atomic E-state index is -1.01. The van der Waals surface area contributed by atoms with Gasteiger partial charge in [0.25, 0.3) is 0 Å². The molecule has 2 aromatic rings. The fourth-order valence-electron chi connectivity index (χ4n) is 5.89. The lowest BCUT2D eigenvalue weighted by molar-refractivity contribution is -0.150. The molecule has 0 aromatic heterocycles. The summed E-state index contributed by atoms with van der Waals surface area (Å²) >= 11 is 0. The molecule has 8 nitrogen and oxygen atoms in total. The van der Waals surface area contributed by atoms with Crippen LogP contribution in [-0.2, 0) is 14.3 Å². The molecule has 2 aromatic carbocycles. The number of aliphatic hydroxyl groups is 1. The normalized spacial score (nSPS) is 25.6. The predicted octanol–water partition coefficient (Wildman–Crippen LogP) is 2.99. The van der Waals surface area contributed by atoms with Crippen LogP contribution in [0.3, 0.4) is 0 Å². The first-order valence-electron chi connectivity index (χ1n) is 12.2. The number of carbonyl (C=O) groups excluding carboxylic acids is 2. The molecule has 35 heavy (non-hydrogen) atoms. The smallest absolute Gasteiger partial charge is 0.407 e. The zero-order valence-corrected chi connectivity index (χ0v) is 19.4. The minimum Gasteiger partial charge on any atom is -0.481 e. The molecule has 1 saturated heterocycles. The summed E-state index contributed by atoms with van der Waals surface area (Å²) in [4.78, 5) is 38.8. The van der Waals surface area contributed by atoms with Gasteiger partial charge in [-0.15, -0.1) is 0 Å². The van der Waals surface area contributed by atoms with Crippen molar-refractivity contribution in [2.75, 3.05) is 19.7 Å². The highest BCUT2D eigenvalue weighted by Crippen LogP contribution is 2.44. The summed E-state index contributed by atoms with van der Waals surface area (Å²) in [5.41, 5.74) is 4.57. The molecular weight excluding hydrogens is 448 g/mol. The quantitative estimate of drug-likeness (QED) is 0.609. The number of fused-ring (bicyclic) bond motifs is 3. The van der Waals surface area contributed by atoms with Crippen molar-refractivity contribution in [3.05, 3.63) is 59.7 Å². The highest BCUT2D eigenvalue weighted by atomic mass is 16.5. The van der Waals surface area contributed by atoms with Gasteiger partial charge in [-0.05, 0) is 41.5 Å². The van der Waals surface area contributed by atoms with E-state index in [1.165, 1.54) is 4.90 Å². The predicted molar refractivity (Wildman–Crippen MR) is 128 cm³/mol. The van der Waals surface area contributed by atoms with Crippen molar-refractivity contribution >= 4 is 18.0 Å². The monoisotopic (exact) mass is 478 g/mol. The van der Waals surface area contributed by atoms with Gasteiger partial charge < -0.3 is 25.2 Å². The Morgan fingerprint density at radius 2 is 1.63 bits per heavy atom. The Bertz CT molecular complexity index is 1090. The van der Waals surface area contributed by atoms with E-state index in [2.05, 4.69) is 29.6 Å². The highest BCUT2D eigenvalue weighted by Gasteiger charge is 2.40. The number of likely N-dealkylation sites (tertiary alicyclic amines) is 1. The molecular formula is C27H30N2O6. The first-order chi connectivity index (χ1) is 16.9. The van der Waals surface area contributed by atoms with Gasteiger partial charge in [-0.1, -0.05) is 55.0 Å². The summed E-state index contributed by atoms with van der Waals surface area (Å²) in [6, 6.07) is 15.9. The number of piperidine rings is 1. The van der Waals surface area contributed by atoms with Crippen LogP contribution in [0, 0.1) is 11.8 Å². The molecule has 8 heteroatoms. The average Bonchev–Trinajstić information content (AvgIpc) is 3.44. The SMILES string of the molecule is O=C(N[C@@H]1CCC[C@@H]1C(=O)N1CC(O)CC(C(=O)O)C1)OCC1c2ccccc2-c2ccccc21. The third kappa shape index (κ3) is 4.62. The molecule has 0 bridgehead atoms. The van der Waals surface area contributed by atoms with E-state index in [9.17, 15) is 24.6 Å². The summed E-state index contributed by atoms with van der Waals surface area (Å²) in [5, 5.41) is 22.3. The third-order valence-electron chi connectivity index (χ3n) is 7.57. The lowest BCUT2D eigenvalue weighted by Gasteiger charge is -2.36. The van der Waals surface area contributed by atoms with Gasteiger partial charge in [0.15, 0.2) is 0 Å². The van der Waals surface area contributed by atoms with Crippen molar-refractivity contribution in [2.45, 2.75) is 43.7 Å². The Morgan fingerprint density at radius 3 is 2.29 bits per heavy atom. The van der Waals surface area contributed by atoms with E-state index in [0.29, 0.717) is 12.8 Å². The molecule has 2 fully saturated rings. The molecule has 3 aliphatic rings. The Hall–Kier alpha value is -3.39. The Morgan fingerprint density at radius 1 is 0.971 bits per heavy atom. The first kappa shape index (κ1) is 23.4. The van der Waals surface area contributed by atoms with Crippen LogP contribution in [0.15, 0.2) is 48.5 Å². The lowest BCUT2D eigenvalue weighted by Crippen LogP contribution is -2.52. The Kier molecular flexibility index (Phi) is 6.47. The fourth-order valence-corrected chi connectivity index (χ4v) is 5.89. The highest BCUT2D eigenvalue weighted by molar-refractivity contribution is 5.82. The number of β-amino-alcohol motifs (C(OH)–C–C–N with tert-alkyl or cyclic N) is 1. The molecule has 1 aliphatic heterocycles. The van der Waals surface area contributed by atoms with E-state index in [1.807, 2.05) is 24.3 Å². The van der Waals surface area contributed by atoms with E-state index < -0.39 is 30.0 Å². The number of carboxylic acids is 1. The van der Waals surface area contributed by atoms with Gasteiger partial charge in [0.05, 0.1) is 17.9 Å². The van der Waals surface area contributed by atoms with Crippen LogP contribution in [0.1, 0.15) is 42.7 Å². The van der Waals surface area contributed by atoms with Gasteiger partial charge in [-0.2, -0.15) is 0 Å². The number of rotatable bonds is 5. The second-order valence-electron chi connectivity index (χ2n) is 9.78. The van der Waals surface area contributed by atoms with Crippen molar-refractivity contribution in [3.8, 4) is 11.1 Å². The molecule has 4 atom stereocenters. The number of carboxylic acid groups (broad SMARTS) is 1. The number of hydrogen-bond donors (Lipinski definition) is 3. The largest absolute Gasteiger partial charge is 0.481 e. The van der Waals surface area contributed by atoms with Crippen LogP contribution in [0.5, 0.6) is 0 Å². The first-order valence-corrected chi connectivity index (χ1v) is 12.2. The summed E-state index contributed by atoms with van der Waals surface area (Å²) in [5.74, 6) is -2.50. The van der Waals surface area contributed by atoms with Crippen molar-refractivity contribution in [3.63, 3.8) is 0 Å². The number of hydrogen-bond acceptors (Lipinski definition) is 5. The second-order valence-corrected chi connectivity index (χ2v) is 9.78. The molecule has 0 spiro atoms. The second kappa shape index (κ2) is 9.70. The number of alkyl carbamates (subject to hydrolysis) is 1. The van der Waals surface area contributed by atoms with E-state index in [0.717, 1.165) is 28.7 Å². The summed E-state index contributed by atoms with van der Waals surface area (Å²) in [7, 11) is 0. The van der Waals surface area contributed by atoms with Gasteiger partial charge in [-0.3, -0.25) is 9.59 Å². The maximum atomic E-state index is 13.2. The molecule has 3 N–H and O–H groups in total. The lowest BCUT2D eigenvalue weighted by atomic mass is 9.93. The van der Waals surface area contributed by atoms with Crippen molar-refractivity contribution in [1.82, 2.24) is 10.2 Å². The zero-order chi connectivity index (χ0) is 24.5. The number of nitrogens with one attached hydrogen (secondary N) is 1. The number of aliphatic carboxylic acids is 1. The van der Waals surface area contributed by atoms with Crippen molar-refractivity contribution < 1.29 is 29.3 Å². The molecule has 0 radical (unpaired) electrons. The van der Waals surface area contributed by atoms with Gasteiger partial charge in [0.1, 0.15) is 6.61 Å². The third-order valence-corrected chi connectivity index (χ3v) is 7.57. The minimum absolute atomic E-state index is 0.0445. The van der Waals surface area contributed by atoms with Gasteiger partial charge >= 0.3 is 12.1 Å². The average molecular weight is 479 g/mol. The zero-order valence-electron chi connectivity index (χ0n) is 19.4. The van der Waals surface area contributed by atoms with Crippen LogP contribution in [-0.4, -0.2) is 64.9 Å². The van der Waals surface area contributed by atoms with E-state index in [1.54, 1.807) is 0 Å². The molecule has 2 aliphatic carbocycles. The molecule has 5 rings (SSSR count). The molecule has 2 unspecified atom stereocenters.